The molecular formula is C16H17N3O2S. The fourth-order valence-corrected chi connectivity index (χ4v) is 4.13. The van der Waals surface area contributed by atoms with Crippen molar-refractivity contribution in [2.75, 3.05) is 20.2 Å². The van der Waals surface area contributed by atoms with Crippen molar-refractivity contribution < 1.29 is 4.74 Å². The maximum absolute atomic E-state index is 12.3. The highest BCUT2D eigenvalue weighted by atomic mass is 32.1. The molecule has 0 aliphatic carbocycles. The van der Waals surface area contributed by atoms with E-state index in [1.165, 1.54) is 12.8 Å². The minimum absolute atomic E-state index is 0.0854. The lowest BCUT2D eigenvalue weighted by Gasteiger charge is -2.11. The molecule has 0 unspecified atom stereocenters. The van der Waals surface area contributed by atoms with Gasteiger partial charge in [-0.1, -0.05) is 17.4 Å². The number of fused-ring (bicyclic) bond motifs is 3. The lowest BCUT2D eigenvalue weighted by molar-refractivity contribution is 0.331. The lowest BCUT2D eigenvalue weighted by atomic mass is 10.1. The number of benzene rings is 1. The first kappa shape index (κ1) is 13.7. The fraction of sp³-hybridized carbons (Fsp3) is 0.375. The Balaban J connectivity index is 1.90. The Morgan fingerprint density at radius 3 is 2.95 bits per heavy atom. The highest BCUT2D eigenvalue weighted by Crippen LogP contribution is 2.32. The summed E-state index contributed by atoms with van der Waals surface area (Å²) < 4.78 is 5.43. The summed E-state index contributed by atoms with van der Waals surface area (Å²) >= 11 is 1.57. The van der Waals surface area contributed by atoms with Crippen molar-refractivity contribution in [3.8, 4) is 5.75 Å². The Kier molecular flexibility index (Phi) is 3.35. The van der Waals surface area contributed by atoms with Crippen molar-refractivity contribution in [1.82, 2.24) is 14.9 Å². The molecule has 0 spiro atoms. The van der Waals surface area contributed by atoms with Gasteiger partial charge in [0.25, 0.3) is 5.56 Å². The summed E-state index contributed by atoms with van der Waals surface area (Å²) in [6.45, 7) is 3.13. The Bertz CT molecular complexity index is 893. The molecule has 1 fully saturated rings. The third kappa shape index (κ3) is 2.19. The molecule has 5 nitrogen and oxygen atoms in total. The van der Waals surface area contributed by atoms with Gasteiger partial charge in [0.15, 0.2) is 0 Å². The van der Waals surface area contributed by atoms with Gasteiger partial charge in [0, 0.05) is 0 Å². The summed E-state index contributed by atoms with van der Waals surface area (Å²) in [5, 5.41) is 2.49. The number of likely N-dealkylation sites (tertiary alicyclic amines) is 1. The van der Waals surface area contributed by atoms with Crippen LogP contribution in [-0.4, -0.2) is 35.1 Å². The first-order valence-corrected chi connectivity index (χ1v) is 8.28. The molecule has 0 amide bonds. The zero-order valence-electron chi connectivity index (χ0n) is 12.4. The Morgan fingerprint density at radius 2 is 2.18 bits per heavy atom. The van der Waals surface area contributed by atoms with Crippen LogP contribution in [0.3, 0.4) is 0 Å². The van der Waals surface area contributed by atoms with E-state index < -0.39 is 0 Å². The predicted molar refractivity (Wildman–Crippen MR) is 88.8 cm³/mol. The van der Waals surface area contributed by atoms with Gasteiger partial charge in [-0.15, -0.1) is 0 Å². The number of thiazole rings is 1. The SMILES string of the molecule is COc1cccc2c(=O)[nH]c3sc(CN4CCCC4)nc3c12. The molecular weight excluding hydrogens is 298 g/mol. The fourth-order valence-electron chi connectivity index (χ4n) is 3.12. The smallest absolute Gasteiger partial charge is 0.257 e. The molecule has 6 heteroatoms. The van der Waals surface area contributed by atoms with Crippen LogP contribution in [0.25, 0.3) is 21.1 Å². The van der Waals surface area contributed by atoms with Crippen molar-refractivity contribution in [1.29, 1.82) is 0 Å². The van der Waals surface area contributed by atoms with Gasteiger partial charge in [0.2, 0.25) is 0 Å². The van der Waals surface area contributed by atoms with E-state index in [1.807, 2.05) is 18.2 Å². The second kappa shape index (κ2) is 5.37. The van der Waals surface area contributed by atoms with Gasteiger partial charge in [-0.25, -0.2) is 4.98 Å². The largest absolute Gasteiger partial charge is 0.496 e. The number of nitrogens with zero attached hydrogens (tertiary/aromatic N) is 2. The first-order chi connectivity index (χ1) is 10.8. The Labute approximate surface area is 131 Å². The van der Waals surface area contributed by atoms with Crippen molar-refractivity contribution in [3.63, 3.8) is 0 Å². The van der Waals surface area contributed by atoms with Crippen molar-refractivity contribution >= 4 is 32.5 Å². The number of nitrogens with one attached hydrogen (secondary N) is 1. The zero-order chi connectivity index (χ0) is 15.1. The van der Waals surface area contributed by atoms with Gasteiger partial charge in [-0.2, -0.15) is 0 Å². The second-order valence-electron chi connectivity index (χ2n) is 5.61. The maximum Gasteiger partial charge on any atom is 0.257 e. The number of ether oxygens (including phenoxy) is 1. The maximum atomic E-state index is 12.3. The van der Waals surface area contributed by atoms with E-state index in [0.717, 1.165) is 40.4 Å². The highest BCUT2D eigenvalue weighted by molar-refractivity contribution is 7.18. The molecule has 3 heterocycles. The Morgan fingerprint density at radius 1 is 1.36 bits per heavy atom. The van der Waals surface area contributed by atoms with Crippen molar-refractivity contribution in [2.45, 2.75) is 19.4 Å². The number of aromatic amines is 1. The standard InChI is InChI=1S/C16H17N3O2S/c1-21-11-6-4-5-10-13(11)14-16(18-15(10)20)22-12(17-14)9-19-7-2-3-8-19/h4-6H,2-3,7-9H2,1H3,(H,18,20). The number of hydrogen-bond acceptors (Lipinski definition) is 5. The molecule has 22 heavy (non-hydrogen) atoms. The average molecular weight is 315 g/mol. The lowest BCUT2D eigenvalue weighted by Crippen LogP contribution is -2.18. The molecule has 0 bridgehead atoms. The molecule has 0 saturated carbocycles. The third-order valence-electron chi connectivity index (χ3n) is 4.18. The molecule has 1 aliphatic rings. The topological polar surface area (TPSA) is 58.2 Å². The van der Waals surface area contributed by atoms with Crippen molar-refractivity contribution in [3.05, 3.63) is 33.6 Å². The van der Waals surface area contributed by atoms with E-state index in [2.05, 4.69) is 9.88 Å². The van der Waals surface area contributed by atoms with E-state index in [-0.39, 0.29) is 5.56 Å². The van der Waals surface area contributed by atoms with Crippen LogP contribution in [0.4, 0.5) is 0 Å². The van der Waals surface area contributed by atoms with Crippen LogP contribution >= 0.6 is 11.3 Å². The molecule has 1 saturated heterocycles. The molecule has 0 radical (unpaired) electrons. The van der Waals surface area contributed by atoms with Gasteiger partial charge in [0.05, 0.1) is 24.4 Å². The minimum atomic E-state index is -0.0854. The number of hydrogen-bond donors (Lipinski definition) is 1. The summed E-state index contributed by atoms with van der Waals surface area (Å²) in [6.07, 6.45) is 2.52. The first-order valence-electron chi connectivity index (χ1n) is 7.47. The normalized spacial score (nSPS) is 15.9. The summed E-state index contributed by atoms with van der Waals surface area (Å²) in [5.74, 6) is 0.701. The summed E-state index contributed by atoms with van der Waals surface area (Å²) in [4.78, 5) is 23.3. The molecule has 1 aromatic carbocycles. The monoisotopic (exact) mass is 315 g/mol. The van der Waals surface area contributed by atoms with Crippen LogP contribution in [0, 0.1) is 0 Å². The summed E-state index contributed by atoms with van der Waals surface area (Å²) in [7, 11) is 1.62. The minimum Gasteiger partial charge on any atom is -0.496 e. The van der Waals surface area contributed by atoms with Gasteiger partial charge in [-0.3, -0.25) is 9.69 Å². The average Bonchev–Trinajstić information content (AvgIpc) is 3.16. The van der Waals surface area contributed by atoms with Gasteiger partial charge in [-0.05, 0) is 38.1 Å². The van der Waals surface area contributed by atoms with Gasteiger partial charge in [0.1, 0.15) is 21.1 Å². The highest BCUT2D eigenvalue weighted by Gasteiger charge is 2.17. The number of H-pyrrole nitrogens is 1. The van der Waals surface area contributed by atoms with Crippen molar-refractivity contribution in [2.24, 2.45) is 0 Å². The number of methoxy groups -OCH3 is 1. The molecule has 0 atom stereocenters. The second-order valence-corrected chi connectivity index (χ2v) is 6.69. The predicted octanol–water partition coefficient (Wildman–Crippen LogP) is 2.74. The van der Waals surface area contributed by atoms with Crippen LogP contribution in [0.15, 0.2) is 23.0 Å². The van der Waals surface area contributed by atoms with Crippen LogP contribution < -0.4 is 10.3 Å². The molecule has 2 aromatic heterocycles. The number of aromatic nitrogens is 2. The van der Waals surface area contributed by atoms with Crippen LogP contribution in [0.2, 0.25) is 0 Å². The number of rotatable bonds is 3. The van der Waals surface area contributed by atoms with E-state index in [9.17, 15) is 4.79 Å². The molecule has 114 valence electrons. The Hall–Kier alpha value is -1.92. The van der Waals surface area contributed by atoms with Crippen LogP contribution in [-0.2, 0) is 6.54 Å². The van der Waals surface area contributed by atoms with Crippen LogP contribution in [0.1, 0.15) is 17.8 Å². The van der Waals surface area contributed by atoms with Crippen LogP contribution in [0.5, 0.6) is 5.75 Å². The van der Waals surface area contributed by atoms with E-state index in [1.54, 1.807) is 18.4 Å². The zero-order valence-corrected chi connectivity index (χ0v) is 13.2. The molecule has 1 N–H and O–H groups in total. The number of pyridine rings is 1. The van der Waals surface area contributed by atoms with Gasteiger partial charge >= 0.3 is 0 Å². The molecule has 1 aliphatic heterocycles. The summed E-state index contributed by atoms with van der Waals surface area (Å²) in [5.41, 5.74) is 0.754. The molecule has 3 aromatic rings. The van der Waals surface area contributed by atoms with E-state index >= 15 is 0 Å². The van der Waals surface area contributed by atoms with Gasteiger partial charge < -0.3 is 9.72 Å². The van der Waals surface area contributed by atoms with E-state index in [4.69, 9.17) is 9.72 Å². The molecule has 4 rings (SSSR count). The van der Waals surface area contributed by atoms with E-state index in [0.29, 0.717) is 11.1 Å². The summed E-state index contributed by atoms with van der Waals surface area (Å²) in [6, 6.07) is 5.52. The quantitative estimate of drug-likeness (QED) is 0.807. The third-order valence-corrected chi connectivity index (χ3v) is 5.14.